The molecule has 12 nitrogen and oxygen atoms in total. The summed E-state index contributed by atoms with van der Waals surface area (Å²) >= 11 is 0. The lowest BCUT2D eigenvalue weighted by Gasteiger charge is -2.13. The molecule has 2 aromatic heterocycles. The maximum Gasteiger partial charge on any atom is 0.364 e. The normalized spacial score (nSPS) is 10.7. The number of carbonyl (C=O) groups excluding carboxylic acids is 3. The number of nitrogens with zero attached hydrogens (tertiary/aromatic N) is 3. The minimum atomic E-state index is -1.35. The van der Waals surface area contributed by atoms with Crippen LogP contribution in [-0.4, -0.2) is 52.1 Å². The average molecular weight is 477 g/mol. The second-order valence-corrected chi connectivity index (χ2v) is 6.99. The lowest BCUT2D eigenvalue weighted by molar-refractivity contribution is -0.386. The summed E-state index contributed by atoms with van der Waals surface area (Å²) in [4.78, 5) is 56.9. The van der Waals surface area contributed by atoms with Crippen LogP contribution in [-0.2, 0) is 9.47 Å². The monoisotopic (exact) mass is 477 g/mol. The van der Waals surface area contributed by atoms with Crippen LogP contribution in [0.3, 0.4) is 0 Å². The van der Waals surface area contributed by atoms with Crippen molar-refractivity contribution in [1.82, 2.24) is 9.97 Å². The van der Waals surface area contributed by atoms with Crippen LogP contribution in [0.4, 0.5) is 5.69 Å². The summed E-state index contributed by atoms with van der Waals surface area (Å²) in [6.45, 7) is 0. The van der Waals surface area contributed by atoms with E-state index < -0.39 is 57.0 Å². The van der Waals surface area contributed by atoms with E-state index in [9.17, 15) is 29.6 Å². The number of fused-ring (bicyclic) bond motifs is 2. The molecule has 0 radical (unpaired) electrons. The number of aromatic nitrogens is 2. The molecule has 0 unspecified atom stereocenters. The van der Waals surface area contributed by atoms with Crippen LogP contribution in [0.1, 0.15) is 31.3 Å². The van der Waals surface area contributed by atoms with E-state index in [2.05, 4.69) is 19.4 Å². The molecular formula is C23H15N3O9. The van der Waals surface area contributed by atoms with Gasteiger partial charge in [0.2, 0.25) is 11.4 Å². The summed E-state index contributed by atoms with van der Waals surface area (Å²) in [7, 11) is 2.06. The molecule has 1 N–H and O–H groups in total. The van der Waals surface area contributed by atoms with Crippen molar-refractivity contribution >= 4 is 45.4 Å². The summed E-state index contributed by atoms with van der Waals surface area (Å²) in [5.74, 6) is -4.81. The van der Waals surface area contributed by atoms with Crippen LogP contribution in [0.15, 0.2) is 48.5 Å². The van der Waals surface area contributed by atoms with Gasteiger partial charge >= 0.3 is 23.6 Å². The van der Waals surface area contributed by atoms with E-state index in [1.54, 1.807) is 18.2 Å². The number of rotatable bonds is 5. The van der Waals surface area contributed by atoms with Gasteiger partial charge in [0.05, 0.1) is 35.6 Å². The van der Waals surface area contributed by atoms with Gasteiger partial charge in [-0.1, -0.05) is 24.3 Å². The number of para-hydroxylation sites is 2. The molecule has 0 fully saturated rings. The van der Waals surface area contributed by atoms with Crippen LogP contribution >= 0.6 is 0 Å². The van der Waals surface area contributed by atoms with Gasteiger partial charge in [0.1, 0.15) is 11.3 Å². The second kappa shape index (κ2) is 9.02. The topological polar surface area (TPSA) is 168 Å². The predicted molar refractivity (Wildman–Crippen MR) is 119 cm³/mol. The lowest BCUT2D eigenvalue weighted by Crippen LogP contribution is -2.19. The molecule has 12 heteroatoms. The number of carbonyl (C=O) groups is 3. The molecule has 0 spiro atoms. The van der Waals surface area contributed by atoms with Gasteiger partial charge in [0.15, 0.2) is 5.69 Å². The highest BCUT2D eigenvalue weighted by Crippen LogP contribution is 2.39. The van der Waals surface area contributed by atoms with Crippen molar-refractivity contribution < 1.29 is 38.6 Å². The zero-order valence-corrected chi connectivity index (χ0v) is 18.2. The fourth-order valence-electron chi connectivity index (χ4n) is 3.46. The molecule has 2 heterocycles. The van der Waals surface area contributed by atoms with Gasteiger partial charge in [-0.25, -0.2) is 24.4 Å². The number of nitro groups is 1. The first kappa shape index (κ1) is 23.0. The molecular weight excluding hydrogens is 462 g/mol. The van der Waals surface area contributed by atoms with Gasteiger partial charge in [0.25, 0.3) is 0 Å². The van der Waals surface area contributed by atoms with Crippen molar-refractivity contribution in [2.45, 2.75) is 0 Å². The fourth-order valence-corrected chi connectivity index (χ4v) is 3.46. The molecule has 4 aromatic rings. The van der Waals surface area contributed by atoms with E-state index in [0.29, 0.717) is 0 Å². The van der Waals surface area contributed by atoms with Crippen LogP contribution < -0.4 is 4.74 Å². The maximum absolute atomic E-state index is 13.3. The van der Waals surface area contributed by atoms with E-state index in [1.165, 1.54) is 30.3 Å². The smallest absolute Gasteiger partial charge is 0.364 e. The maximum atomic E-state index is 13.3. The quantitative estimate of drug-likeness (QED) is 0.254. The number of ether oxygens (including phenoxy) is 3. The highest BCUT2D eigenvalue weighted by atomic mass is 16.6. The molecule has 0 aliphatic carbocycles. The third-order valence-corrected chi connectivity index (χ3v) is 5.02. The van der Waals surface area contributed by atoms with E-state index in [0.717, 1.165) is 14.2 Å². The summed E-state index contributed by atoms with van der Waals surface area (Å²) in [6.07, 6.45) is 0. The molecule has 0 saturated heterocycles. The number of hydrogen-bond acceptors (Lipinski definition) is 11. The first-order chi connectivity index (χ1) is 16.8. The van der Waals surface area contributed by atoms with Crippen molar-refractivity contribution in [3.05, 3.63) is 75.6 Å². The van der Waals surface area contributed by atoms with Gasteiger partial charge in [-0.05, 0) is 24.3 Å². The molecule has 0 bridgehead atoms. The number of pyridine rings is 2. The Morgan fingerprint density at radius 1 is 0.829 bits per heavy atom. The number of methoxy groups -OCH3 is 2. The Morgan fingerprint density at radius 3 is 1.94 bits per heavy atom. The zero-order valence-electron chi connectivity index (χ0n) is 18.2. The van der Waals surface area contributed by atoms with Crippen molar-refractivity contribution in [3.63, 3.8) is 0 Å². The number of aromatic hydroxyl groups is 1. The lowest BCUT2D eigenvalue weighted by atomic mass is 10.1. The second-order valence-electron chi connectivity index (χ2n) is 6.99. The Kier molecular flexibility index (Phi) is 5.94. The Hall–Kier alpha value is -5.13. The van der Waals surface area contributed by atoms with Gasteiger partial charge < -0.3 is 19.3 Å². The Bertz CT molecular complexity index is 1550. The summed E-state index contributed by atoms with van der Waals surface area (Å²) < 4.78 is 14.6. The minimum Gasteiger partial charge on any atom is -0.506 e. The Morgan fingerprint density at radius 2 is 1.34 bits per heavy atom. The van der Waals surface area contributed by atoms with Crippen LogP contribution in [0.2, 0.25) is 0 Å². The third kappa shape index (κ3) is 3.93. The Labute approximate surface area is 195 Å². The van der Waals surface area contributed by atoms with Crippen LogP contribution in [0, 0.1) is 10.1 Å². The van der Waals surface area contributed by atoms with Gasteiger partial charge in [0, 0.05) is 5.39 Å². The largest absolute Gasteiger partial charge is 0.506 e. The highest BCUT2D eigenvalue weighted by molar-refractivity contribution is 6.10. The molecule has 0 atom stereocenters. The molecule has 0 aliphatic heterocycles. The summed E-state index contributed by atoms with van der Waals surface area (Å²) in [5.41, 5.74) is -2.59. The van der Waals surface area contributed by atoms with E-state index >= 15 is 0 Å². The molecule has 0 aliphatic rings. The van der Waals surface area contributed by atoms with E-state index in [1.807, 2.05) is 0 Å². The van der Waals surface area contributed by atoms with E-state index in [-0.39, 0.29) is 21.8 Å². The van der Waals surface area contributed by atoms with E-state index in [4.69, 9.17) is 4.74 Å². The fraction of sp³-hybridized carbons (Fsp3) is 0.0870. The summed E-state index contributed by atoms with van der Waals surface area (Å²) in [6, 6.07) is 12.0. The molecule has 2 aromatic carbocycles. The minimum absolute atomic E-state index is 0.0214. The standard InChI is InChI=1S/C23H15N3O9/c1-33-22(29)16-15(19(27)11-7-3-5-9-13(11)24-16)21(28)35-20-12-8-4-6-10-14(12)25-17(23(30)34-2)18(20)26(31)32/h3-10H,1-2H3,(H,24,27). The first-order valence-electron chi connectivity index (χ1n) is 9.86. The Balaban J connectivity index is 1.98. The summed E-state index contributed by atoms with van der Waals surface area (Å²) in [5, 5.41) is 22.9. The van der Waals surface area contributed by atoms with Crippen molar-refractivity contribution in [3.8, 4) is 11.5 Å². The van der Waals surface area contributed by atoms with Crippen molar-refractivity contribution in [1.29, 1.82) is 0 Å². The van der Waals surface area contributed by atoms with Crippen molar-refractivity contribution in [2.24, 2.45) is 0 Å². The highest BCUT2D eigenvalue weighted by Gasteiger charge is 2.35. The molecule has 0 amide bonds. The molecule has 35 heavy (non-hydrogen) atoms. The third-order valence-electron chi connectivity index (χ3n) is 5.02. The van der Waals surface area contributed by atoms with Gasteiger partial charge in [-0.15, -0.1) is 0 Å². The molecule has 4 rings (SSSR count). The zero-order chi connectivity index (χ0) is 25.3. The first-order valence-corrected chi connectivity index (χ1v) is 9.86. The van der Waals surface area contributed by atoms with Gasteiger partial charge in [-0.2, -0.15) is 0 Å². The predicted octanol–water partition coefficient (Wildman–Crippen LogP) is 3.19. The van der Waals surface area contributed by atoms with Crippen LogP contribution in [0.25, 0.3) is 21.8 Å². The average Bonchev–Trinajstić information content (AvgIpc) is 2.87. The van der Waals surface area contributed by atoms with Crippen molar-refractivity contribution in [2.75, 3.05) is 14.2 Å². The number of hydrogen-bond donors (Lipinski definition) is 1. The number of benzene rings is 2. The van der Waals surface area contributed by atoms with Gasteiger partial charge in [-0.3, -0.25) is 10.1 Å². The molecule has 176 valence electrons. The number of esters is 3. The molecule has 0 saturated carbocycles. The van der Waals surface area contributed by atoms with Crippen LogP contribution in [0.5, 0.6) is 11.5 Å². The SMILES string of the molecule is COC(=O)c1nc2ccccc2c(O)c1C(=O)Oc1c([N+](=O)[O-])c(C(=O)OC)nc2ccccc12.